The van der Waals surface area contributed by atoms with Crippen LogP contribution in [-0.2, 0) is 9.53 Å². The Kier molecular flexibility index (Phi) is 5.17. The maximum Gasteiger partial charge on any atom is 0.256 e. The van der Waals surface area contributed by atoms with Crippen LogP contribution in [0.25, 0.3) is 0 Å². The molecular weight excluding hydrogens is 268 g/mol. The van der Waals surface area contributed by atoms with Gasteiger partial charge < -0.3 is 14.8 Å². The molecule has 5 heteroatoms. The summed E-state index contributed by atoms with van der Waals surface area (Å²) in [6, 6.07) is 1.88. The predicted molar refractivity (Wildman–Crippen MR) is 81.6 cm³/mol. The average Bonchev–Trinajstić information content (AvgIpc) is 2.92. The molecule has 5 nitrogen and oxygen atoms in total. The first-order valence-corrected chi connectivity index (χ1v) is 7.66. The highest BCUT2D eigenvalue weighted by molar-refractivity contribution is 5.97. The van der Waals surface area contributed by atoms with Gasteiger partial charge in [-0.15, -0.1) is 0 Å². The molecule has 0 aliphatic heterocycles. The van der Waals surface area contributed by atoms with Crippen molar-refractivity contribution in [2.45, 2.75) is 52.1 Å². The lowest BCUT2D eigenvalue weighted by molar-refractivity contribution is -0.140. The number of anilines is 1. The van der Waals surface area contributed by atoms with Crippen molar-refractivity contribution in [1.29, 1.82) is 0 Å². The number of carbonyl (C=O) groups is 1. The molecule has 1 fully saturated rings. The maximum absolute atomic E-state index is 12.6. The Hall–Kier alpha value is -1.62. The molecule has 0 saturated heterocycles. The Morgan fingerprint density at radius 3 is 2.62 bits per heavy atom. The van der Waals surface area contributed by atoms with Gasteiger partial charge in [-0.05, 0) is 52.5 Å². The van der Waals surface area contributed by atoms with Crippen LogP contribution in [0.3, 0.4) is 0 Å². The predicted octanol–water partition coefficient (Wildman–Crippen LogP) is 3.08. The first-order valence-electron chi connectivity index (χ1n) is 7.66. The lowest BCUT2D eigenvalue weighted by Crippen LogP contribution is -2.43. The van der Waals surface area contributed by atoms with Crippen molar-refractivity contribution in [3.63, 3.8) is 0 Å². The van der Waals surface area contributed by atoms with E-state index in [9.17, 15) is 4.79 Å². The van der Waals surface area contributed by atoms with Gasteiger partial charge in [-0.25, -0.2) is 4.98 Å². The highest BCUT2D eigenvalue weighted by Gasteiger charge is 2.42. The Balaban J connectivity index is 2.10. The minimum Gasteiger partial charge on any atom is -0.478 e. The zero-order valence-corrected chi connectivity index (χ0v) is 13.1. The number of carbonyl (C=O) groups excluding carboxylic acids is 1. The molecule has 0 spiro atoms. The first kappa shape index (κ1) is 15.8. The Bertz CT molecular complexity index is 496. The summed E-state index contributed by atoms with van der Waals surface area (Å²) in [6.07, 6.45) is 5.28. The fourth-order valence-corrected chi connectivity index (χ4v) is 2.82. The first-order chi connectivity index (χ1) is 10.1. The molecule has 1 saturated carbocycles. The number of rotatable bonds is 6. The monoisotopic (exact) mass is 292 g/mol. The van der Waals surface area contributed by atoms with E-state index in [1.807, 2.05) is 26.8 Å². The van der Waals surface area contributed by atoms with Crippen LogP contribution in [-0.4, -0.2) is 29.7 Å². The number of nitrogens with zero attached hydrogens (tertiary/aromatic N) is 1. The molecule has 1 aromatic rings. The van der Waals surface area contributed by atoms with Gasteiger partial charge in [0.1, 0.15) is 5.60 Å². The number of ether oxygens (including phenoxy) is 2. The highest BCUT2D eigenvalue weighted by Crippen LogP contribution is 2.34. The third-order valence-electron chi connectivity index (χ3n) is 3.81. The second-order valence-corrected chi connectivity index (χ2v) is 5.37. The van der Waals surface area contributed by atoms with E-state index < -0.39 is 5.60 Å². The Morgan fingerprint density at radius 2 is 2.05 bits per heavy atom. The summed E-state index contributed by atoms with van der Waals surface area (Å²) < 4.78 is 11.2. The molecule has 1 aliphatic carbocycles. The number of hydrogen-bond donors (Lipinski definition) is 1. The van der Waals surface area contributed by atoms with Crippen molar-refractivity contribution in [1.82, 2.24) is 4.98 Å². The van der Waals surface area contributed by atoms with Crippen LogP contribution < -0.4 is 10.1 Å². The van der Waals surface area contributed by atoms with E-state index in [0.29, 0.717) is 24.8 Å². The van der Waals surface area contributed by atoms with Crippen molar-refractivity contribution < 1.29 is 14.3 Å². The van der Waals surface area contributed by atoms with Gasteiger partial charge in [-0.2, -0.15) is 0 Å². The molecule has 116 valence electrons. The van der Waals surface area contributed by atoms with E-state index in [2.05, 4.69) is 10.3 Å². The fourth-order valence-electron chi connectivity index (χ4n) is 2.82. The summed E-state index contributed by atoms with van der Waals surface area (Å²) in [4.78, 5) is 16.8. The molecule has 0 aromatic carbocycles. The zero-order chi connectivity index (χ0) is 15.3. The molecule has 0 bridgehead atoms. The number of aromatic nitrogens is 1. The van der Waals surface area contributed by atoms with E-state index in [4.69, 9.17) is 9.47 Å². The summed E-state index contributed by atoms with van der Waals surface area (Å²) in [6.45, 7) is 6.89. The van der Waals surface area contributed by atoms with Crippen LogP contribution in [0.5, 0.6) is 5.88 Å². The van der Waals surface area contributed by atoms with Gasteiger partial charge in [0, 0.05) is 12.2 Å². The lowest BCUT2D eigenvalue weighted by atomic mass is 10.0. The van der Waals surface area contributed by atoms with Gasteiger partial charge in [-0.1, -0.05) is 0 Å². The third kappa shape index (κ3) is 3.53. The summed E-state index contributed by atoms with van der Waals surface area (Å²) in [5, 5.41) is 2.94. The summed E-state index contributed by atoms with van der Waals surface area (Å²) in [5.41, 5.74) is 0.930. The van der Waals surface area contributed by atoms with Crippen molar-refractivity contribution in [2.75, 3.05) is 18.5 Å². The van der Waals surface area contributed by atoms with Crippen LogP contribution in [0, 0.1) is 6.92 Å². The minimum atomic E-state index is -0.665. The molecule has 1 aliphatic rings. The van der Waals surface area contributed by atoms with Crippen LogP contribution in [0.2, 0.25) is 0 Å². The van der Waals surface area contributed by atoms with Crippen LogP contribution in [0.4, 0.5) is 5.69 Å². The van der Waals surface area contributed by atoms with E-state index in [1.165, 1.54) is 0 Å². The number of aryl methyl sites for hydroxylation is 1. The smallest absolute Gasteiger partial charge is 0.256 e. The summed E-state index contributed by atoms with van der Waals surface area (Å²) >= 11 is 0. The number of amides is 1. The highest BCUT2D eigenvalue weighted by atomic mass is 16.5. The van der Waals surface area contributed by atoms with Crippen molar-refractivity contribution >= 4 is 11.6 Å². The van der Waals surface area contributed by atoms with Crippen molar-refractivity contribution in [2.24, 2.45) is 0 Å². The minimum absolute atomic E-state index is 0.0628. The molecule has 1 aromatic heterocycles. The quantitative estimate of drug-likeness (QED) is 0.875. The molecule has 1 amide bonds. The molecule has 21 heavy (non-hydrogen) atoms. The fraction of sp³-hybridized carbons (Fsp3) is 0.625. The second kappa shape index (κ2) is 6.89. The van der Waals surface area contributed by atoms with Gasteiger partial charge in [0.25, 0.3) is 5.91 Å². The molecule has 1 heterocycles. The Labute approximate surface area is 126 Å². The number of pyridine rings is 1. The van der Waals surface area contributed by atoms with Gasteiger partial charge in [-0.3, -0.25) is 4.79 Å². The van der Waals surface area contributed by atoms with Crippen molar-refractivity contribution in [3.05, 3.63) is 17.8 Å². The average molecular weight is 292 g/mol. The lowest BCUT2D eigenvalue weighted by Gasteiger charge is -2.27. The van der Waals surface area contributed by atoms with E-state index in [-0.39, 0.29) is 5.91 Å². The maximum atomic E-state index is 12.6. The second-order valence-electron chi connectivity index (χ2n) is 5.37. The topological polar surface area (TPSA) is 60.5 Å². The Morgan fingerprint density at radius 1 is 1.33 bits per heavy atom. The zero-order valence-electron chi connectivity index (χ0n) is 13.1. The van der Waals surface area contributed by atoms with Gasteiger partial charge in [0.15, 0.2) is 0 Å². The SMILES string of the molecule is CCOc1ncc(NC(=O)C2(OCC)CCCC2)cc1C. The molecule has 0 unspecified atom stereocenters. The molecule has 1 N–H and O–H groups in total. The van der Waals surface area contributed by atoms with E-state index >= 15 is 0 Å². The standard InChI is InChI=1S/C16H24N2O3/c1-4-20-14-12(3)10-13(11-17-14)18-15(19)16(21-5-2)8-6-7-9-16/h10-11H,4-9H2,1-3H3,(H,18,19). The summed E-state index contributed by atoms with van der Waals surface area (Å²) in [5.74, 6) is 0.545. The van der Waals surface area contributed by atoms with E-state index in [1.54, 1.807) is 6.20 Å². The summed E-state index contributed by atoms with van der Waals surface area (Å²) in [7, 11) is 0. The van der Waals surface area contributed by atoms with E-state index in [0.717, 1.165) is 31.2 Å². The van der Waals surface area contributed by atoms with Gasteiger partial charge in [0.05, 0.1) is 18.5 Å². The van der Waals surface area contributed by atoms with Gasteiger partial charge >= 0.3 is 0 Å². The van der Waals surface area contributed by atoms with Gasteiger partial charge in [0.2, 0.25) is 5.88 Å². The van der Waals surface area contributed by atoms with Crippen LogP contribution in [0.1, 0.15) is 45.1 Å². The number of hydrogen-bond acceptors (Lipinski definition) is 4. The van der Waals surface area contributed by atoms with Crippen molar-refractivity contribution in [3.8, 4) is 5.88 Å². The largest absolute Gasteiger partial charge is 0.478 e. The number of nitrogens with one attached hydrogen (secondary N) is 1. The molecule has 0 atom stereocenters. The third-order valence-corrected chi connectivity index (χ3v) is 3.81. The molecular formula is C16H24N2O3. The van der Waals surface area contributed by atoms with Crippen LogP contribution >= 0.6 is 0 Å². The molecule has 0 radical (unpaired) electrons. The normalized spacial score (nSPS) is 16.7. The molecule has 2 rings (SSSR count). The van der Waals surface area contributed by atoms with Crippen LogP contribution in [0.15, 0.2) is 12.3 Å².